The zero-order valence-corrected chi connectivity index (χ0v) is 13.5. The van der Waals surface area contributed by atoms with Crippen LogP contribution in [0.5, 0.6) is 0 Å². The first-order chi connectivity index (χ1) is 11.2. The SMILES string of the molecule is Cc1ccccc1NC(=O)CCNC(CCO)c1ccccc1. The minimum Gasteiger partial charge on any atom is -0.396 e. The molecule has 1 amide bonds. The van der Waals surface area contributed by atoms with Gasteiger partial charge < -0.3 is 15.7 Å². The Bertz CT molecular complexity index is 614. The molecule has 0 aliphatic carbocycles. The van der Waals surface area contributed by atoms with Crippen molar-refractivity contribution in [2.24, 2.45) is 0 Å². The van der Waals surface area contributed by atoms with Crippen molar-refractivity contribution >= 4 is 11.6 Å². The van der Waals surface area contributed by atoms with E-state index in [0.717, 1.165) is 16.8 Å². The van der Waals surface area contributed by atoms with Crippen molar-refractivity contribution in [3.8, 4) is 0 Å². The van der Waals surface area contributed by atoms with E-state index in [0.29, 0.717) is 19.4 Å². The Hall–Kier alpha value is -2.17. The number of nitrogens with one attached hydrogen (secondary N) is 2. The number of carbonyl (C=O) groups excluding carboxylic acids is 1. The highest BCUT2D eigenvalue weighted by Crippen LogP contribution is 2.16. The summed E-state index contributed by atoms with van der Waals surface area (Å²) >= 11 is 0. The maximum Gasteiger partial charge on any atom is 0.225 e. The molecule has 4 nitrogen and oxygen atoms in total. The van der Waals surface area contributed by atoms with Gasteiger partial charge in [-0.25, -0.2) is 0 Å². The van der Waals surface area contributed by atoms with E-state index >= 15 is 0 Å². The molecule has 0 saturated carbocycles. The second-order valence-electron chi connectivity index (χ2n) is 5.54. The fourth-order valence-corrected chi connectivity index (χ4v) is 2.49. The highest BCUT2D eigenvalue weighted by molar-refractivity contribution is 5.91. The molecule has 122 valence electrons. The van der Waals surface area contributed by atoms with Crippen molar-refractivity contribution in [3.63, 3.8) is 0 Å². The lowest BCUT2D eigenvalue weighted by Gasteiger charge is -2.18. The van der Waals surface area contributed by atoms with Crippen molar-refractivity contribution < 1.29 is 9.90 Å². The highest BCUT2D eigenvalue weighted by atomic mass is 16.3. The van der Waals surface area contributed by atoms with E-state index in [9.17, 15) is 9.90 Å². The number of anilines is 1. The molecule has 0 fully saturated rings. The monoisotopic (exact) mass is 312 g/mol. The number of hydrogen-bond donors (Lipinski definition) is 3. The van der Waals surface area contributed by atoms with Gasteiger partial charge in [0, 0.05) is 31.3 Å². The van der Waals surface area contributed by atoms with Crippen LogP contribution in [0.2, 0.25) is 0 Å². The lowest BCUT2D eigenvalue weighted by molar-refractivity contribution is -0.116. The predicted molar refractivity (Wildman–Crippen MR) is 93.3 cm³/mol. The van der Waals surface area contributed by atoms with Gasteiger partial charge in [-0.1, -0.05) is 48.5 Å². The maximum atomic E-state index is 12.0. The van der Waals surface area contributed by atoms with Gasteiger partial charge in [-0.2, -0.15) is 0 Å². The molecule has 0 heterocycles. The van der Waals surface area contributed by atoms with Crippen LogP contribution >= 0.6 is 0 Å². The number of rotatable bonds is 8. The fourth-order valence-electron chi connectivity index (χ4n) is 2.49. The summed E-state index contributed by atoms with van der Waals surface area (Å²) in [4.78, 5) is 12.0. The normalized spacial score (nSPS) is 11.9. The third kappa shape index (κ3) is 5.51. The molecule has 0 aliphatic rings. The molecule has 2 aromatic rings. The molecule has 2 aromatic carbocycles. The predicted octanol–water partition coefficient (Wildman–Crippen LogP) is 3.04. The summed E-state index contributed by atoms with van der Waals surface area (Å²) in [7, 11) is 0. The van der Waals surface area contributed by atoms with E-state index in [1.807, 2.05) is 61.5 Å². The van der Waals surface area contributed by atoms with Gasteiger partial charge in [0.2, 0.25) is 5.91 Å². The van der Waals surface area contributed by atoms with E-state index in [-0.39, 0.29) is 18.6 Å². The number of amides is 1. The van der Waals surface area contributed by atoms with Crippen LogP contribution in [0.4, 0.5) is 5.69 Å². The first-order valence-electron chi connectivity index (χ1n) is 7.95. The Morgan fingerprint density at radius 3 is 2.48 bits per heavy atom. The summed E-state index contributed by atoms with van der Waals surface area (Å²) in [5.74, 6) is -0.0115. The number of benzene rings is 2. The quantitative estimate of drug-likeness (QED) is 0.702. The van der Waals surface area contributed by atoms with Crippen LogP contribution in [0.1, 0.15) is 30.0 Å². The Kier molecular flexibility index (Phi) is 6.78. The summed E-state index contributed by atoms with van der Waals surface area (Å²) in [6.07, 6.45) is 1.02. The van der Waals surface area contributed by atoms with Gasteiger partial charge in [0.15, 0.2) is 0 Å². The van der Waals surface area contributed by atoms with Crippen LogP contribution in [0.3, 0.4) is 0 Å². The Labute approximate surface area is 137 Å². The molecule has 3 N–H and O–H groups in total. The van der Waals surface area contributed by atoms with Crippen molar-refractivity contribution in [2.45, 2.75) is 25.8 Å². The molecule has 23 heavy (non-hydrogen) atoms. The fraction of sp³-hybridized carbons (Fsp3) is 0.316. The van der Waals surface area contributed by atoms with Gasteiger partial charge in [-0.05, 0) is 30.5 Å². The zero-order valence-electron chi connectivity index (χ0n) is 13.5. The number of para-hydroxylation sites is 1. The lowest BCUT2D eigenvalue weighted by atomic mass is 10.0. The number of hydrogen-bond acceptors (Lipinski definition) is 3. The van der Waals surface area contributed by atoms with Gasteiger partial charge in [0.1, 0.15) is 0 Å². The second-order valence-corrected chi connectivity index (χ2v) is 5.54. The molecule has 0 aliphatic heterocycles. The molecule has 2 rings (SSSR count). The highest BCUT2D eigenvalue weighted by Gasteiger charge is 2.11. The zero-order chi connectivity index (χ0) is 16.5. The van der Waals surface area contributed by atoms with Gasteiger partial charge in [-0.15, -0.1) is 0 Å². The van der Waals surface area contributed by atoms with E-state index in [1.54, 1.807) is 0 Å². The average Bonchev–Trinajstić information content (AvgIpc) is 2.57. The third-order valence-corrected chi connectivity index (χ3v) is 3.78. The smallest absolute Gasteiger partial charge is 0.225 e. The topological polar surface area (TPSA) is 61.4 Å². The van der Waals surface area contributed by atoms with Crippen molar-refractivity contribution in [2.75, 3.05) is 18.5 Å². The minimum atomic E-state index is -0.0115. The van der Waals surface area contributed by atoms with Gasteiger partial charge in [0.05, 0.1) is 0 Å². The molecule has 0 bridgehead atoms. The lowest BCUT2D eigenvalue weighted by Crippen LogP contribution is -2.26. The first kappa shape index (κ1) is 17.2. The summed E-state index contributed by atoms with van der Waals surface area (Å²) in [6.45, 7) is 2.65. The summed E-state index contributed by atoms with van der Waals surface area (Å²) in [5.41, 5.74) is 3.03. The third-order valence-electron chi connectivity index (χ3n) is 3.78. The average molecular weight is 312 g/mol. The minimum absolute atomic E-state index is 0.0115. The molecule has 0 aromatic heterocycles. The second kappa shape index (κ2) is 9.08. The van der Waals surface area contributed by atoms with E-state index < -0.39 is 0 Å². The molecule has 0 radical (unpaired) electrons. The summed E-state index contributed by atoms with van der Waals surface area (Å²) in [5, 5.41) is 15.5. The number of aliphatic hydroxyl groups is 1. The molecular formula is C19H24N2O2. The standard InChI is InChI=1S/C19H24N2O2/c1-15-7-5-6-10-17(15)21-19(23)11-13-20-18(12-14-22)16-8-3-2-4-9-16/h2-10,18,20,22H,11-14H2,1H3,(H,21,23). The number of aryl methyl sites for hydroxylation is 1. The van der Waals surface area contributed by atoms with Gasteiger partial charge in [0.25, 0.3) is 0 Å². The van der Waals surface area contributed by atoms with Crippen LogP contribution in [-0.4, -0.2) is 24.2 Å². The van der Waals surface area contributed by atoms with Crippen molar-refractivity contribution in [1.29, 1.82) is 0 Å². The van der Waals surface area contributed by atoms with E-state index in [4.69, 9.17) is 0 Å². The molecule has 1 unspecified atom stereocenters. The van der Waals surface area contributed by atoms with Crippen molar-refractivity contribution in [1.82, 2.24) is 5.32 Å². The summed E-state index contributed by atoms with van der Waals surface area (Å²) < 4.78 is 0. The van der Waals surface area contributed by atoms with Crippen molar-refractivity contribution in [3.05, 3.63) is 65.7 Å². The molecular weight excluding hydrogens is 288 g/mol. The Balaban J connectivity index is 1.82. The number of carbonyl (C=O) groups is 1. The van der Waals surface area contributed by atoms with Crippen LogP contribution in [-0.2, 0) is 4.79 Å². The summed E-state index contributed by atoms with van der Waals surface area (Å²) in [6, 6.07) is 17.8. The van der Waals surface area contributed by atoms with Crippen LogP contribution < -0.4 is 10.6 Å². The maximum absolute atomic E-state index is 12.0. The molecule has 4 heteroatoms. The first-order valence-corrected chi connectivity index (χ1v) is 7.95. The Morgan fingerprint density at radius 1 is 1.09 bits per heavy atom. The van der Waals surface area contributed by atoms with Gasteiger partial charge in [-0.3, -0.25) is 4.79 Å². The van der Waals surface area contributed by atoms with Gasteiger partial charge >= 0.3 is 0 Å². The van der Waals surface area contributed by atoms with E-state index in [2.05, 4.69) is 10.6 Å². The van der Waals surface area contributed by atoms with E-state index in [1.165, 1.54) is 0 Å². The largest absolute Gasteiger partial charge is 0.396 e. The molecule has 0 saturated heterocycles. The molecule has 0 spiro atoms. The Morgan fingerprint density at radius 2 is 1.78 bits per heavy atom. The van der Waals surface area contributed by atoms with Crippen LogP contribution in [0.25, 0.3) is 0 Å². The van der Waals surface area contributed by atoms with Crippen LogP contribution in [0, 0.1) is 6.92 Å². The molecule has 1 atom stereocenters. The van der Waals surface area contributed by atoms with Crippen LogP contribution in [0.15, 0.2) is 54.6 Å². The number of aliphatic hydroxyl groups excluding tert-OH is 1.